The molecule has 200 valence electrons. The van der Waals surface area contributed by atoms with Crippen molar-refractivity contribution in [2.75, 3.05) is 26.1 Å². The number of rotatable bonds is 10. The molecule has 38 heavy (non-hydrogen) atoms. The van der Waals surface area contributed by atoms with Crippen molar-refractivity contribution >= 4 is 44.7 Å². The van der Waals surface area contributed by atoms with Crippen molar-refractivity contribution < 1.29 is 27.4 Å². The van der Waals surface area contributed by atoms with Crippen LogP contribution in [0.1, 0.15) is 10.6 Å². The molecule has 3 heterocycles. The fourth-order valence-electron chi connectivity index (χ4n) is 3.55. The Balaban J connectivity index is 1.65. The van der Waals surface area contributed by atoms with Crippen LogP contribution < -0.4 is 30.2 Å². The van der Waals surface area contributed by atoms with Crippen LogP contribution in [0.15, 0.2) is 34.7 Å². The number of ether oxygens (including phenoxy) is 3. The van der Waals surface area contributed by atoms with Gasteiger partial charge in [0.25, 0.3) is 15.6 Å². The van der Waals surface area contributed by atoms with Crippen molar-refractivity contribution in [2.45, 2.75) is 6.42 Å². The number of sulfonamides is 1. The fraction of sp³-hybridized carbons (Fsp3) is 0.227. The van der Waals surface area contributed by atoms with Crippen LogP contribution in [0.25, 0.3) is 22.3 Å². The number of hydrogen-bond donors (Lipinski definition) is 2. The second-order valence-corrected chi connectivity index (χ2v) is 10.4. The van der Waals surface area contributed by atoms with Crippen LogP contribution >= 0.6 is 11.3 Å². The molecule has 0 bridgehead atoms. The van der Waals surface area contributed by atoms with Gasteiger partial charge in [0.05, 0.1) is 56.8 Å². The number of methoxy groups -OCH3 is 3. The van der Waals surface area contributed by atoms with Gasteiger partial charge in [-0.15, -0.1) is 10.2 Å². The monoisotopic (exact) mass is 561 g/mol. The number of aryl methyl sites for hydroxylation is 1. The first-order valence-corrected chi connectivity index (χ1v) is 13.1. The summed E-state index contributed by atoms with van der Waals surface area (Å²) >= 11 is 1.04. The van der Waals surface area contributed by atoms with Gasteiger partial charge < -0.3 is 19.9 Å². The van der Waals surface area contributed by atoms with Gasteiger partial charge in [-0.2, -0.15) is 0 Å². The summed E-state index contributed by atoms with van der Waals surface area (Å²) in [6.07, 6.45) is 3.89. The fourth-order valence-corrected chi connectivity index (χ4v) is 5.25. The molecule has 0 unspecified atom stereocenters. The van der Waals surface area contributed by atoms with Crippen LogP contribution in [0.2, 0.25) is 0 Å². The molecule has 0 aliphatic rings. The zero-order valence-electron chi connectivity index (χ0n) is 20.7. The highest BCUT2D eigenvalue weighted by Crippen LogP contribution is 2.35. The number of anilines is 1. The molecule has 0 aliphatic heterocycles. The SMILES string of the molecule is COc1cc(OC)c(/C=C/S(=O)(=O)Nc2cnc3c(-c4nnc(CC(N)=O)s4)c(=O)n(C)n3c2)c(OC)c1. The average Bonchev–Trinajstić information content (AvgIpc) is 3.43. The summed E-state index contributed by atoms with van der Waals surface area (Å²) in [6.45, 7) is 0. The first kappa shape index (κ1) is 26.6. The highest BCUT2D eigenvalue weighted by atomic mass is 32.2. The predicted molar refractivity (Wildman–Crippen MR) is 140 cm³/mol. The summed E-state index contributed by atoms with van der Waals surface area (Å²) in [4.78, 5) is 28.3. The van der Waals surface area contributed by atoms with Crippen LogP contribution in [0.4, 0.5) is 5.69 Å². The van der Waals surface area contributed by atoms with Crippen LogP contribution in [-0.4, -0.2) is 60.0 Å². The number of carbonyl (C=O) groups excluding carboxylic acids is 1. The summed E-state index contributed by atoms with van der Waals surface area (Å²) in [5, 5.41) is 9.44. The molecule has 0 saturated carbocycles. The second kappa shape index (κ2) is 10.5. The topological polar surface area (TPSA) is 182 Å². The standard InChI is InChI=1S/C22H23N7O7S2/c1-28-22(31)19(21-26-25-18(37-21)9-17(23)30)20-24-10-12(11-29(20)28)27-38(32,33)6-5-14-15(35-3)7-13(34-2)8-16(14)36-4/h5-8,10-11,27H,9H2,1-4H3,(H2,23,30)/b6-5+. The zero-order chi connectivity index (χ0) is 27.6. The maximum atomic E-state index is 12.9. The molecule has 0 aliphatic carbocycles. The molecule has 0 fully saturated rings. The smallest absolute Gasteiger partial charge is 0.279 e. The maximum absolute atomic E-state index is 12.9. The molecule has 1 aromatic carbocycles. The number of fused-ring (bicyclic) bond motifs is 1. The van der Waals surface area contributed by atoms with Crippen molar-refractivity contribution in [3.05, 3.63) is 50.9 Å². The van der Waals surface area contributed by atoms with E-state index in [9.17, 15) is 18.0 Å². The molecule has 4 rings (SSSR count). The van der Waals surface area contributed by atoms with Crippen LogP contribution in [-0.2, 0) is 28.3 Å². The van der Waals surface area contributed by atoms with Gasteiger partial charge >= 0.3 is 0 Å². The number of nitrogens with one attached hydrogen (secondary N) is 1. The maximum Gasteiger partial charge on any atom is 0.279 e. The van der Waals surface area contributed by atoms with Crippen molar-refractivity contribution in [3.8, 4) is 27.8 Å². The highest BCUT2D eigenvalue weighted by Gasteiger charge is 2.21. The van der Waals surface area contributed by atoms with Gasteiger partial charge in [0.15, 0.2) is 10.7 Å². The molecule has 0 atom stereocenters. The lowest BCUT2D eigenvalue weighted by Gasteiger charge is -2.12. The lowest BCUT2D eigenvalue weighted by Crippen LogP contribution is -2.16. The number of nitrogens with zero attached hydrogens (tertiary/aromatic N) is 5. The Morgan fingerprint density at radius 1 is 1.16 bits per heavy atom. The lowest BCUT2D eigenvalue weighted by atomic mass is 10.1. The normalized spacial score (nSPS) is 11.7. The average molecular weight is 562 g/mol. The molecule has 14 nitrogen and oxygen atoms in total. The minimum Gasteiger partial charge on any atom is -0.496 e. The van der Waals surface area contributed by atoms with E-state index in [0.717, 1.165) is 16.7 Å². The van der Waals surface area contributed by atoms with E-state index in [1.165, 1.54) is 56.0 Å². The van der Waals surface area contributed by atoms with E-state index in [2.05, 4.69) is 19.9 Å². The molecule has 16 heteroatoms. The van der Waals surface area contributed by atoms with Gasteiger partial charge in [-0.1, -0.05) is 11.3 Å². The van der Waals surface area contributed by atoms with Crippen LogP contribution in [0.3, 0.4) is 0 Å². The number of primary amides is 1. The Morgan fingerprint density at radius 3 is 2.45 bits per heavy atom. The summed E-state index contributed by atoms with van der Waals surface area (Å²) in [7, 11) is 1.84. The van der Waals surface area contributed by atoms with E-state index in [0.29, 0.717) is 27.8 Å². The van der Waals surface area contributed by atoms with Gasteiger partial charge in [0, 0.05) is 19.2 Å². The third-order valence-electron chi connectivity index (χ3n) is 5.29. The molecule has 3 N–H and O–H groups in total. The quantitative estimate of drug-likeness (QED) is 0.283. The molecule has 4 aromatic rings. The Bertz CT molecular complexity index is 1700. The molecule has 0 saturated heterocycles. The predicted octanol–water partition coefficient (Wildman–Crippen LogP) is 1.02. The Labute approximate surface area is 220 Å². The van der Waals surface area contributed by atoms with Crippen molar-refractivity contribution in [1.29, 1.82) is 0 Å². The van der Waals surface area contributed by atoms with Crippen LogP contribution in [0, 0.1) is 0 Å². The summed E-state index contributed by atoms with van der Waals surface area (Å²) in [5.74, 6) is 0.600. The van der Waals surface area contributed by atoms with E-state index in [-0.39, 0.29) is 28.3 Å². The number of benzene rings is 1. The number of nitrogens with two attached hydrogens (primary N) is 1. The molecule has 0 radical (unpaired) electrons. The van der Waals surface area contributed by atoms with E-state index < -0.39 is 21.5 Å². The first-order valence-electron chi connectivity index (χ1n) is 10.8. The van der Waals surface area contributed by atoms with Gasteiger partial charge in [0.1, 0.15) is 27.8 Å². The molecule has 1 amide bonds. The summed E-state index contributed by atoms with van der Waals surface area (Å²) < 4.78 is 46.6. The molecular formula is C22H23N7O7S2. The Kier molecular flexibility index (Phi) is 7.36. The number of aromatic nitrogens is 5. The summed E-state index contributed by atoms with van der Waals surface area (Å²) in [5.41, 5.74) is 5.64. The molecule has 3 aromatic heterocycles. The molecular weight excluding hydrogens is 538 g/mol. The zero-order valence-corrected chi connectivity index (χ0v) is 22.3. The second-order valence-electron chi connectivity index (χ2n) is 7.75. The Morgan fingerprint density at radius 2 is 1.84 bits per heavy atom. The minimum atomic E-state index is -4.02. The summed E-state index contributed by atoms with van der Waals surface area (Å²) in [6, 6.07) is 3.19. The highest BCUT2D eigenvalue weighted by molar-refractivity contribution is 7.95. The lowest BCUT2D eigenvalue weighted by molar-refractivity contribution is -0.117. The van der Waals surface area contributed by atoms with Gasteiger partial charge in [-0.25, -0.2) is 22.6 Å². The van der Waals surface area contributed by atoms with Crippen molar-refractivity contribution in [2.24, 2.45) is 12.8 Å². The number of hydrogen-bond acceptors (Lipinski definition) is 11. The minimum absolute atomic E-state index is 0.0969. The third-order valence-corrected chi connectivity index (χ3v) is 7.25. The van der Waals surface area contributed by atoms with E-state index >= 15 is 0 Å². The largest absolute Gasteiger partial charge is 0.496 e. The van der Waals surface area contributed by atoms with Crippen molar-refractivity contribution in [3.63, 3.8) is 0 Å². The number of amides is 1. The van der Waals surface area contributed by atoms with E-state index in [1.807, 2.05) is 0 Å². The molecule has 0 spiro atoms. The van der Waals surface area contributed by atoms with Gasteiger partial charge in [0.2, 0.25) is 5.91 Å². The van der Waals surface area contributed by atoms with E-state index in [1.54, 1.807) is 12.1 Å². The van der Waals surface area contributed by atoms with E-state index in [4.69, 9.17) is 19.9 Å². The van der Waals surface area contributed by atoms with Gasteiger partial charge in [-0.3, -0.25) is 14.3 Å². The van der Waals surface area contributed by atoms with Crippen molar-refractivity contribution in [1.82, 2.24) is 24.4 Å². The number of carbonyl (C=O) groups is 1. The third kappa shape index (κ3) is 5.30. The van der Waals surface area contributed by atoms with Gasteiger partial charge in [-0.05, 0) is 6.08 Å². The Hall–Kier alpha value is -4.44. The first-order chi connectivity index (χ1) is 18.1. The van der Waals surface area contributed by atoms with Crippen LogP contribution in [0.5, 0.6) is 17.2 Å².